The van der Waals surface area contributed by atoms with Gasteiger partial charge >= 0.3 is 6.03 Å². The number of aliphatic hydroxyl groups is 1. The Balaban J connectivity index is 1.63. The largest absolute Gasteiger partial charge is 0.507 e. The van der Waals surface area contributed by atoms with Crippen molar-refractivity contribution in [3.05, 3.63) is 35.4 Å². The van der Waals surface area contributed by atoms with Crippen LogP contribution in [0.15, 0.2) is 29.8 Å². The normalized spacial score (nSPS) is 18.6. The summed E-state index contributed by atoms with van der Waals surface area (Å²) >= 11 is 0. The van der Waals surface area contributed by atoms with Gasteiger partial charge in [0.1, 0.15) is 11.5 Å². The Hall–Kier alpha value is -2.50. The predicted molar refractivity (Wildman–Crippen MR) is 120 cm³/mol. The summed E-state index contributed by atoms with van der Waals surface area (Å²) in [6.07, 6.45) is 10.6. The Bertz CT molecular complexity index is 760. The Morgan fingerprint density at radius 1 is 1.10 bits per heavy atom. The molecule has 30 heavy (non-hydrogen) atoms. The van der Waals surface area contributed by atoms with Crippen molar-refractivity contribution in [1.82, 2.24) is 10.2 Å². The van der Waals surface area contributed by atoms with E-state index in [0.717, 1.165) is 44.3 Å². The number of carbonyl (C=O) groups is 1. The molecule has 1 aromatic rings. The number of ether oxygens (including phenoxy) is 1. The highest BCUT2D eigenvalue weighted by Crippen LogP contribution is 2.26. The van der Waals surface area contributed by atoms with Crippen LogP contribution in [0, 0.1) is 5.41 Å². The molecule has 0 bridgehead atoms. The van der Waals surface area contributed by atoms with Crippen LogP contribution < -0.4 is 10.1 Å². The van der Waals surface area contributed by atoms with Gasteiger partial charge < -0.3 is 25.5 Å². The fourth-order valence-corrected chi connectivity index (χ4v) is 4.38. The Labute approximate surface area is 179 Å². The molecule has 0 radical (unpaired) electrons. The second kappa shape index (κ2) is 10.5. The molecular formula is C24H35N3O3. The van der Waals surface area contributed by atoms with Crippen LogP contribution in [-0.2, 0) is 0 Å². The van der Waals surface area contributed by atoms with Crippen molar-refractivity contribution < 1.29 is 14.6 Å². The van der Waals surface area contributed by atoms with E-state index in [1.165, 1.54) is 19.3 Å². The summed E-state index contributed by atoms with van der Waals surface area (Å²) in [5.41, 5.74) is 1.27. The molecule has 1 aromatic carbocycles. The van der Waals surface area contributed by atoms with Gasteiger partial charge in [-0.25, -0.2) is 4.79 Å². The molecule has 0 aliphatic heterocycles. The van der Waals surface area contributed by atoms with Gasteiger partial charge in [0.05, 0.1) is 6.10 Å². The van der Waals surface area contributed by atoms with E-state index >= 15 is 0 Å². The number of urea groups is 1. The number of carbonyl (C=O) groups excluding carboxylic acids is 1. The van der Waals surface area contributed by atoms with Crippen LogP contribution in [0.1, 0.15) is 70.3 Å². The lowest BCUT2D eigenvalue weighted by Gasteiger charge is -2.25. The van der Waals surface area contributed by atoms with Crippen LogP contribution in [0.25, 0.3) is 5.76 Å². The summed E-state index contributed by atoms with van der Waals surface area (Å²) in [6, 6.07) is 7.47. The number of nitrogens with zero attached hydrogens (tertiary/aromatic N) is 1. The van der Waals surface area contributed by atoms with Crippen LogP contribution in [-0.4, -0.2) is 47.5 Å². The molecule has 0 heterocycles. The number of hydrogen-bond donors (Lipinski definition) is 3. The van der Waals surface area contributed by atoms with Gasteiger partial charge in [0.15, 0.2) is 0 Å². The maximum absolute atomic E-state index is 12.5. The summed E-state index contributed by atoms with van der Waals surface area (Å²) in [4.78, 5) is 14.2. The minimum absolute atomic E-state index is 0.0236. The molecule has 0 unspecified atom stereocenters. The fourth-order valence-electron chi connectivity index (χ4n) is 4.38. The fraction of sp³-hybridized carbons (Fsp3) is 0.583. The second-order valence-electron chi connectivity index (χ2n) is 8.56. The molecule has 0 atom stereocenters. The third-order valence-electron chi connectivity index (χ3n) is 6.33. The van der Waals surface area contributed by atoms with E-state index in [9.17, 15) is 9.90 Å². The highest BCUT2D eigenvalue weighted by Gasteiger charge is 2.23. The van der Waals surface area contributed by atoms with E-state index in [-0.39, 0.29) is 36.2 Å². The van der Waals surface area contributed by atoms with Crippen LogP contribution in [0.3, 0.4) is 0 Å². The van der Waals surface area contributed by atoms with E-state index in [2.05, 4.69) is 5.32 Å². The Kier molecular flexibility index (Phi) is 7.77. The van der Waals surface area contributed by atoms with Crippen LogP contribution in [0.4, 0.5) is 4.79 Å². The van der Waals surface area contributed by atoms with Gasteiger partial charge in [-0.3, -0.25) is 0 Å². The molecule has 3 N–H and O–H groups in total. The van der Waals surface area contributed by atoms with Crippen molar-refractivity contribution in [2.24, 2.45) is 0 Å². The number of rotatable bonds is 7. The molecule has 0 aromatic heterocycles. The second-order valence-corrected chi connectivity index (χ2v) is 8.56. The van der Waals surface area contributed by atoms with Crippen LogP contribution >= 0.6 is 0 Å². The molecule has 2 aliphatic carbocycles. The molecule has 6 heteroatoms. The summed E-state index contributed by atoms with van der Waals surface area (Å²) in [5.74, 6) is 0.827. The molecular weight excluding hydrogens is 378 g/mol. The van der Waals surface area contributed by atoms with E-state index < -0.39 is 0 Å². The molecule has 0 spiro atoms. The third-order valence-corrected chi connectivity index (χ3v) is 6.33. The van der Waals surface area contributed by atoms with Gasteiger partial charge in [0, 0.05) is 36.5 Å². The van der Waals surface area contributed by atoms with E-state index in [0.29, 0.717) is 11.1 Å². The zero-order valence-corrected chi connectivity index (χ0v) is 18.2. The zero-order chi connectivity index (χ0) is 21.5. The summed E-state index contributed by atoms with van der Waals surface area (Å²) < 4.78 is 6.05. The van der Waals surface area contributed by atoms with Crippen molar-refractivity contribution >= 4 is 17.5 Å². The molecule has 3 rings (SSSR count). The predicted octanol–water partition coefficient (Wildman–Crippen LogP) is 5.29. The lowest BCUT2D eigenvalue weighted by atomic mass is 9.98. The number of nitrogens with one attached hydrogen (secondary N) is 2. The molecule has 2 fully saturated rings. The quantitative estimate of drug-likeness (QED) is 0.419. The van der Waals surface area contributed by atoms with Gasteiger partial charge in [-0.1, -0.05) is 19.3 Å². The lowest BCUT2D eigenvalue weighted by Crippen LogP contribution is -2.43. The Morgan fingerprint density at radius 2 is 1.70 bits per heavy atom. The summed E-state index contributed by atoms with van der Waals surface area (Å²) in [5, 5.41) is 21.7. The van der Waals surface area contributed by atoms with Crippen LogP contribution in [0.5, 0.6) is 5.75 Å². The number of benzene rings is 1. The van der Waals surface area contributed by atoms with Crippen molar-refractivity contribution in [2.75, 3.05) is 13.6 Å². The molecule has 2 amide bonds. The minimum Gasteiger partial charge on any atom is -0.507 e. The molecule has 164 valence electrons. The maximum atomic E-state index is 12.5. The van der Waals surface area contributed by atoms with E-state index in [1.807, 2.05) is 31.3 Å². The molecule has 0 saturated heterocycles. The average molecular weight is 414 g/mol. The van der Waals surface area contributed by atoms with Crippen molar-refractivity contribution in [3.63, 3.8) is 0 Å². The SMILES string of the molecule is CC(=N)/C(CNC(=O)N(C)C1CCCC1)=C(\O)c1ccc(OC2CCCCC2)cc1. The first-order chi connectivity index (χ1) is 14.5. The number of hydrogen-bond acceptors (Lipinski definition) is 4. The van der Waals surface area contributed by atoms with Crippen molar-refractivity contribution in [2.45, 2.75) is 76.9 Å². The zero-order valence-electron chi connectivity index (χ0n) is 18.2. The third kappa shape index (κ3) is 5.77. The standard InChI is InChI=1S/C24H35N3O3/c1-17(25)22(16-26-24(29)27(2)19-8-6-7-9-19)23(28)18-12-14-21(15-13-18)30-20-10-4-3-5-11-20/h12-15,19-20,25,28H,3-11,16H2,1-2H3,(H,26,29)/b23-22-,25-17?. The van der Waals surface area contributed by atoms with Gasteiger partial charge in [-0.15, -0.1) is 0 Å². The monoisotopic (exact) mass is 413 g/mol. The highest BCUT2D eigenvalue weighted by atomic mass is 16.5. The van der Waals surface area contributed by atoms with Gasteiger partial charge in [0.25, 0.3) is 0 Å². The number of aliphatic hydroxyl groups excluding tert-OH is 1. The first-order valence-corrected chi connectivity index (χ1v) is 11.2. The van der Waals surface area contributed by atoms with Crippen LogP contribution in [0.2, 0.25) is 0 Å². The van der Waals surface area contributed by atoms with E-state index in [4.69, 9.17) is 10.1 Å². The van der Waals surface area contributed by atoms with Crippen molar-refractivity contribution in [3.8, 4) is 5.75 Å². The molecule has 2 aliphatic rings. The first-order valence-electron chi connectivity index (χ1n) is 11.2. The smallest absolute Gasteiger partial charge is 0.317 e. The summed E-state index contributed by atoms with van der Waals surface area (Å²) in [6.45, 7) is 1.75. The van der Waals surface area contributed by atoms with Gasteiger partial charge in [-0.2, -0.15) is 0 Å². The first kappa shape index (κ1) is 22.2. The Morgan fingerprint density at radius 3 is 2.30 bits per heavy atom. The molecule has 6 nitrogen and oxygen atoms in total. The highest BCUT2D eigenvalue weighted by molar-refractivity contribution is 6.02. The van der Waals surface area contributed by atoms with E-state index in [1.54, 1.807) is 11.8 Å². The maximum Gasteiger partial charge on any atom is 0.317 e. The average Bonchev–Trinajstić information content (AvgIpc) is 3.29. The van der Waals surface area contributed by atoms with Gasteiger partial charge in [0.2, 0.25) is 0 Å². The van der Waals surface area contributed by atoms with Crippen molar-refractivity contribution in [1.29, 1.82) is 5.41 Å². The minimum atomic E-state index is -0.162. The summed E-state index contributed by atoms with van der Waals surface area (Å²) in [7, 11) is 1.82. The number of amides is 2. The lowest BCUT2D eigenvalue weighted by molar-refractivity contribution is 0.155. The topological polar surface area (TPSA) is 85.7 Å². The van der Waals surface area contributed by atoms with Gasteiger partial charge in [-0.05, 0) is 69.7 Å². The molecule has 2 saturated carbocycles.